The molecule has 0 radical (unpaired) electrons. The summed E-state index contributed by atoms with van der Waals surface area (Å²) in [5.74, 6) is 0.0316. The molecule has 4 nitrogen and oxygen atoms in total. The minimum Gasteiger partial charge on any atom is -0.463 e. The van der Waals surface area contributed by atoms with E-state index < -0.39 is 0 Å². The third-order valence-electron chi connectivity index (χ3n) is 5.06. The van der Waals surface area contributed by atoms with Crippen LogP contribution in [0.5, 0.6) is 0 Å². The van der Waals surface area contributed by atoms with E-state index in [9.17, 15) is 10.1 Å². The van der Waals surface area contributed by atoms with E-state index in [1.807, 2.05) is 24.3 Å². The van der Waals surface area contributed by atoms with E-state index in [0.717, 1.165) is 39.7 Å². The van der Waals surface area contributed by atoms with Gasteiger partial charge < -0.3 is 4.74 Å². The fourth-order valence-electron chi connectivity index (χ4n) is 3.60. The molecule has 0 spiro atoms. The Kier molecular flexibility index (Phi) is 7.57. The van der Waals surface area contributed by atoms with Gasteiger partial charge >= 0.3 is 5.97 Å². The Hall–Kier alpha value is -3.71. The molecule has 1 aromatic heterocycles. The predicted molar refractivity (Wildman–Crippen MR) is 130 cm³/mol. The van der Waals surface area contributed by atoms with Gasteiger partial charge in [-0.25, -0.2) is 4.79 Å². The topological polar surface area (TPSA) is 63.0 Å². The summed E-state index contributed by atoms with van der Waals surface area (Å²) in [6.07, 6.45) is 7.52. The molecule has 1 heterocycles. The standard InChI is InChI=1S/C28H28N2O2/c1-5-32-27(31)9-7-6-8-21-12-15-25-23(17-21)28(22-13-10-20(4)11-14-22)24(18-29)26(30-25)16-19(2)3/h6-15,17,19H,5,16H2,1-4H3/b8-6+,9-7+. The van der Waals surface area contributed by atoms with Crippen molar-refractivity contribution in [2.45, 2.75) is 34.1 Å². The first-order valence-electron chi connectivity index (χ1n) is 10.9. The van der Waals surface area contributed by atoms with Crippen LogP contribution >= 0.6 is 0 Å². The van der Waals surface area contributed by atoms with Gasteiger partial charge in [0.15, 0.2) is 0 Å². The Balaban J connectivity index is 2.14. The minimum absolute atomic E-state index is 0.354. The molecule has 2 aromatic carbocycles. The highest BCUT2D eigenvalue weighted by molar-refractivity contribution is 5.99. The minimum atomic E-state index is -0.363. The van der Waals surface area contributed by atoms with Crippen molar-refractivity contribution in [2.75, 3.05) is 6.61 Å². The number of nitriles is 1. The maximum Gasteiger partial charge on any atom is 0.330 e. The van der Waals surface area contributed by atoms with Crippen molar-refractivity contribution in [2.24, 2.45) is 5.92 Å². The number of hydrogen-bond acceptors (Lipinski definition) is 4. The monoisotopic (exact) mass is 424 g/mol. The van der Waals surface area contributed by atoms with Crippen molar-refractivity contribution >= 4 is 22.9 Å². The van der Waals surface area contributed by atoms with Gasteiger partial charge in [-0.2, -0.15) is 5.26 Å². The fourth-order valence-corrected chi connectivity index (χ4v) is 3.60. The molecule has 0 aliphatic carbocycles. The number of hydrogen-bond donors (Lipinski definition) is 0. The van der Waals surface area contributed by atoms with Crippen LogP contribution in [-0.2, 0) is 16.0 Å². The number of aromatic nitrogens is 1. The summed E-state index contributed by atoms with van der Waals surface area (Å²) in [5, 5.41) is 11.0. The van der Waals surface area contributed by atoms with Crippen molar-refractivity contribution in [3.63, 3.8) is 0 Å². The van der Waals surface area contributed by atoms with Gasteiger partial charge in [-0.05, 0) is 49.4 Å². The Labute approximate surface area is 189 Å². The first-order chi connectivity index (χ1) is 15.4. The number of fused-ring (bicyclic) bond motifs is 1. The molecular formula is C28H28N2O2. The summed E-state index contributed by atoms with van der Waals surface area (Å²) in [4.78, 5) is 16.3. The van der Waals surface area contributed by atoms with Gasteiger partial charge in [-0.1, -0.05) is 68.0 Å². The lowest BCUT2D eigenvalue weighted by molar-refractivity contribution is -0.137. The van der Waals surface area contributed by atoms with Gasteiger partial charge in [0.25, 0.3) is 0 Å². The Morgan fingerprint density at radius 3 is 2.56 bits per heavy atom. The smallest absolute Gasteiger partial charge is 0.330 e. The third kappa shape index (κ3) is 5.50. The quantitative estimate of drug-likeness (QED) is 0.250. The number of allylic oxidation sites excluding steroid dienone is 2. The summed E-state index contributed by atoms with van der Waals surface area (Å²) >= 11 is 0. The number of ether oxygens (including phenoxy) is 1. The Bertz CT molecular complexity index is 1210. The van der Waals surface area contributed by atoms with Gasteiger partial charge in [0.1, 0.15) is 6.07 Å². The molecule has 0 N–H and O–H groups in total. The van der Waals surface area contributed by atoms with Crippen LogP contribution in [0.4, 0.5) is 0 Å². The molecule has 0 aliphatic rings. The van der Waals surface area contributed by atoms with Crippen molar-refractivity contribution in [3.8, 4) is 17.2 Å². The number of aryl methyl sites for hydroxylation is 1. The van der Waals surface area contributed by atoms with Crippen molar-refractivity contribution in [1.29, 1.82) is 5.26 Å². The summed E-state index contributed by atoms with van der Waals surface area (Å²) in [7, 11) is 0. The fraction of sp³-hybridized carbons (Fsp3) is 0.250. The van der Waals surface area contributed by atoms with E-state index in [0.29, 0.717) is 18.1 Å². The van der Waals surface area contributed by atoms with Crippen LogP contribution in [0.15, 0.2) is 60.7 Å². The van der Waals surface area contributed by atoms with Gasteiger partial charge in [-0.3, -0.25) is 4.98 Å². The SMILES string of the molecule is CCOC(=O)/C=C/C=C/c1ccc2nc(CC(C)C)c(C#N)c(-c3ccc(C)cc3)c2c1. The molecule has 0 amide bonds. The number of pyridine rings is 1. The first kappa shape index (κ1) is 23.0. The molecule has 32 heavy (non-hydrogen) atoms. The van der Waals surface area contributed by atoms with Crippen LogP contribution in [0.25, 0.3) is 28.1 Å². The van der Waals surface area contributed by atoms with E-state index >= 15 is 0 Å². The van der Waals surface area contributed by atoms with Gasteiger partial charge in [-0.15, -0.1) is 0 Å². The van der Waals surface area contributed by atoms with Crippen LogP contribution in [0.3, 0.4) is 0 Å². The lowest BCUT2D eigenvalue weighted by Gasteiger charge is -2.15. The lowest BCUT2D eigenvalue weighted by Crippen LogP contribution is -2.04. The summed E-state index contributed by atoms with van der Waals surface area (Å²) < 4.78 is 4.89. The van der Waals surface area contributed by atoms with Crippen LogP contribution in [0.2, 0.25) is 0 Å². The predicted octanol–water partition coefficient (Wildman–Crippen LogP) is 6.41. The molecule has 0 saturated heterocycles. The molecule has 0 bridgehead atoms. The van der Waals surface area contributed by atoms with Crippen LogP contribution in [0, 0.1) is 24.2 Å². The molecule has 0 atom stereocenters. The summed E-state index contributed by atoms with van der Waals surface area (Å²) in [5.41, 5.74) is 6.41. The largest absolute Gasteiger partial charge is 0.463 e. The molecule has 4 heteroatoms. The average Bonchev–Trinajstić information content (AvgIpc) is 2.76. The summed E-state index contributed by atoms with van der Waals surface area (Å²) in [6.45, 7) is 8.45. The molecule has 0 unspecified atom stereocenters. The third-order valence-corrected chi connectivity index (χ3v) is 5.06. The number of esters is 1. The van der Waals surface area contributed by atoms with Crippen molar-refractivity contribution in [3.05, 3.63) is 83.1 Å². The van der Waals surface area contributed by atoms with Crippen LogP contribution in [0.1, 0.15) is 43.2 Å². The number of nitrogens with zero attached hydrogens (tertiary/aromatic N) is 2. The van der Waals surface area contributed by atoms with Gasteiger partial charge in [0.05, 0.1) is 23.4 Å². The number of benzene rings is 2. The highest BCUT2D eigenvalue weighted by Gasteiger charge is 2.17. The normalized spacial score (nSPS) is 11.5. The molecular weight excluding hydrogens is 396 g/mol. The number of carbonyl (C=O) groups is 1. The zero-order chi connectivity index (χ0) is 23.1. The molecule has 3 aromatic rings. The van der Waals surface area contributed by atoms with E-state index in [-0.39, 0.29) is 5.97 Å². The molecule has 0 aliphatic heterocycles. The van der Waals surface area contributed by atoms with E-state index in [1.165, 1.54) is 11.6 Å². The maximum absolute atomic E-state index is 11.5. The van der Waals surface area contributed by atoms with Gasteiger partial charge in [0.2, 0.25) is 0 Å². The number of rotatable bonds is 7. The second-order valence-corrected chi connectivity index (χ2v) is 8.13. The molecule has 0 saturated carbocycles. The second kappa shape index (κ2) is 10.5. The number of carbonyl (C=O) groups excluding carboxylic acids is 1. The molecule has 3 rings (SSSR count). The Morgan fingerprint density at radius 2 is 1.91 bits per heavy atom. The Morgan fingerprint density at radius 1 is 1.16 bits per heavy atom. The molecule has 162 valence electrons. The maximum atomic E-state index is 11.5. The van der Waals surface area contributed by atoms with Crippen molar-refractivity contribution < 1.29 is 9.53 Å². The first-order valence-corrected chi connectivity index (χ1v) is 10.9. The van der Waals surface area contributed by atoms with E-state index in [1.54, 1.807) is 19.1 Å². The zero-order valence-corrected chi connectivity index (χ0v) is 19.1. The van der Waals surface area contributed by atoms with Crippen molar-refractivity contribution in [1.82, 2.24) is 4.98 Å². The highest BCUT2D eigenvalue weighted by Crippen LogP contribution is 2.34. The van der Waals surface area contributed by atoms with Crippen LogP contribution in [-0.4, -0.2) is 17.6 Å². The van der Waals surface area contributed by atoms with Crippen LogP contribution < -0.4 is 0 Å². The zero-order valence-electron chi connectivity index (χ0n) is 19.1. The lowest BCUT2D eigenvalue weighted by atomic mass is 9.91. The van der Waals surface area contributed by atoms with E-state index in [2.05, 4.69) is 51.1 Å². The molecule has 0 fully saturated rings. The van der Waals surface area contributed by atoms with E-state index in [4.69, 9.17) is 9.72 Å². The van der Waals surface area contributed by atoms with Gasteiger partial charge in [0, 0.05) is 17.0 Å². The average molecular weight is 425 g/mol. The highest BCUT2D eigenvalue weighted by atomic mass is 16.5. The summed E-state index contributed by atoms with van der Waals surface area (Å²) in [6, 6.07) is 16.7. The second-order valence-electron chi connectivity index (χ2n) is 8.13.